The van der Waals surface area contributed by atoms with Gasteiger partial charge in [0.05, 0.1) is 5.69 Å². The van der Waals surface area contributed by atoms with Gasteiger partial charge in [-0.3, -0.25) is 4.68 Å². The minimum absolute atomic E-state index is 0.418. The molecule has 0 aliphatic heterocycles. The topological polar surface area (TPSA) is 55.1 Å². The van der Waals surface area contributed by atoms with Crippen LogP contribution in [0.1, 0.15) is 48.0 Å². The van der Waals surface area contributed by atoms with Crippen LogP contribution in [0.15, 0.2) is 6.07 Å². The summed E-state index contributed by atoms with van der Waals surface area (Å²) < 4.78 is 1.99. The van der Waals surface area contributed by atoms with Crippen LogP contribution in [0.3, 0.4) is 0 Å². The number of carboxylic acids is 1. The molecule has 18 heavy (non-hydrogen) atoms. The Morgan fingerprint density at radius 2 is 2.33 bits per heavy atom. The lowest BCUT2D eigenvalue weighted by Crippen LogP contribution is -2.05. The normalized spacial score (nSPS) is 15.7. The molecule has 0 saturated heterocycles. The lowest BCUT2D eigenvalue weighted by molar-refractivity contribution is 0.0702. The van der Waals surface area contributed by atoms with E-state index in [1.54, 1.807) is 6.07 Å². The van der Waals surface area contributed by atoms with Gasteiger partial charge in [-0.15, -0.1) is 11.3 Å². The summed E-state index contributed by atoms with van der Waals surface area (Å²) in [6.07, 6.45) is 2.37. The molecule has 4 nitrogen and oxygen atoms in total. The Balaban J connectivity index is 2.13. The number of fused-ring (bicyclic) bond motifs is 1. The largest absolute Gasteiger partial charge is 0.477 e. The van der Waals surface area contributed by atoms with Crippen molar-refractivity contribution in [2.75, 3.05) is 0 Å². The lowest BCUT2D eigenvalue weighted by atomic mass is 10.2. The zero-order valence-corrected chi connectivity index (χ0v) is 11.3. The molecule has 1 N–H and O–H groups in total. The standard InChI is InChI=1S/C13H16N2O2S/c1-7(2)6-15-12-9(5-10(18-12)13(16)17)11(14-15)8-3-4-8/h5,7-8H,3-4,6H2,1-2H3,(H,16,17). The summed E-state index contributed by atoms with van der Waals surface area (Å²) in [6.45, 7) is 5.15. The third kappa shape index (κ3) is 1.92. The van der Waals surface area contributed by atoms with Crippen molar-refractivity contribution in [3.63, 3.8) is 0 Å². The Kier molecular flexibility index (Phi) is 2.66. The summed E-state index contributed by atoms with van der Waals surface area (Å²) in [4.78, 5) is 12.5. The maximum atomic E-state index is 11.1. The maximum Gasteiger partial charge on any atom is 0.345 e. The smallest absolute Gasteiger partial charge is 0.345 e. The predicted molar refractivity (Wildman–Crippen MR) is 71.4 cm³/mol. The summed E-state index contributed by atoms with van der Waals surface area (Å²) in [5, 5.41) is 14.8. The van der Waals surface area contributed by atoms with E-state index in [1.807, 2.05) is 4.68 Å². The highest BCUT2D eigenvalue weighted by Crippen LogP contribution is 2.44. The number of aromatic carboxylic acids is 1. The number of hydrogen-bond acceptors (Lipinski definition) is 3. The van der Waals surface area contributed by atoms with Crippen LogP contribution in [0.2, 0.25) is 0 Å². The average molecular weight is 264 g/mol. The van der Waals surface area contributed by atoms with Gasteiger partial charge in [0.1, 0.15) is 9.71 Å². The van der Waals surface area contributed by atoms with Crippen LogP contribution in [-0.2, 0) is 6.54 Å². The van der Waals surface area contributed by atoms with Crippen molar-refractivity contribution < 1.29 is 9.90 Å². The van der Waals surface area contributed by atoms with Crippen LogP contribution in [0, 0.1) is 5.92 Å². The first-order chi connectivity index (χ1) is 8.56. The van der Waals surface area contributed by atoms with Gasteiger partial charge in [0.2, 0.25) is 0 Å². The number of thiophene rings is 1. The minimum atomic E-state index is -0.839. The summed E-state index contributed by atoms with van der Waals surface area (Å²) >= 11 is 1.34. The molecule has 5 heteroatoms. The molecular weight excluding hydrogens is 248 g/mol. The molecular formula is C13H16N2O2S. The fourth-order valence-corrected chi connectivity index (χ4v) is 3.19. The van der Waals surface area contributed by atoms with E-state index in [4.69, 9.17) is 5.11 Å². The monoisotopic (exact) mass is 264 g/mol. The van der Waals surface area contributed by atoms with Gasteiger partial charge < -0.3 is 5.11 Å². The highest BCUT2D eigenvalue weighted by atomic mass is 32.1. The van der Waals surface area contributed by atoms with Crippen LogP contribution in [0.5, 0.6) is 0 Å². The quantitative estimate of drug-likeness (QED) is 0.921. The minimum Gasteiger partial charge on any atom is -0.477 e. The number of nitrogens with zero attached hydrogens (tertiary/aromatic N) is 2. The van der Waals surface area contributed by atoms with Gasteiger partial charge in [-0.2, -0.15) is 5.10 Å². The molecule has 1 aliphatic carbocycles. The molecule has 2 heterocycles. The first-order valence-electron chi connectivity index (χ1n) is 6.29. The first-order valence-corrected chi connectivity index (χ1v) is 7.11. The summed E-state index contributed by atoms with van der Waals surface area (Å²) in [7, 11) is 0. The molecule has 0 radical (unpaired) electrons. The van der Waals surface area contributed by atoms with Crippen molar-refractivity contribution in [2.45, 2.75) is 39.2 Å². The molecule has 0 bridgehead atoms. The maximum absolute atomic E-state index is 11.1. The number of carboxylic acid groups (broad SMARTS) is 1. The molecule has 2 aromatic heterocycles. The third-order valence-electron chi connectivity index (χ3n) is 3.16. The SMILES string of the molecule is CC(C)Cn1nc(C2CC2)c2cc(C(=O)O)sc21. The Morgan fingerprint density at radius 3 is 2.89 bits per heavy atom. The Morgan fingerprint density at radius 1 is 1.61 bits per heavy atom. The van der Waals surface area contributed by atoms with Gasteiger partial charge in [0.25, 0.3) is 0 Å². The van der Waals surface area contributed by atoms with Crippen LogP contribution in [-0.4, -0.2) is 20.9 Å². The molecule has 2 aromatic rings. The molecule has 0 spiro atoms. The van der Waals surface area contributed by atoms with Crippen molar-refractivity contribution in [3.05, 3.63) is 16.6 Å². The van der Waals surface area contributed by atoms with E-state index in [1.165, 1.54) is 24.2 Å². The van der Waals surface area contributed by atoms with Gasteiger partial charge in [-0.05, 0) is 24.8 Å². The summed E-state index contributed by atoms with van der Waals surface area (Å²) in [5.41, 5.74) is 1.11. The lowest BCUT2D eigenvalue weighted by Gasteiger charge is -2.04. The number of aromatic nitrogens is 2. The fourth-order valence-electron chi connectivity index (χ4n) is 2.22. The summed E-state index contributed by atoms with van der Waals surface area (Å²) in [5.74, 6) is 0.224. The van der Waals surface area contributed by atoms with E-state index >= 15 is 0 Å². The zero-order valence-electron chi connectivity index (χ0n) is 10.5. The van der Waals surface area contributed by atoms with Crippen LogP contribution < -0.4 is 0 Å². The van der Waals surface area contributed by atoms with Crippen molar-refractivity contribution in [2.24, 2.45) is 5.92 Å². The van der Waals surface area contributed by atoms with E-state index in [2.05, 4.69) is 18.9 Å². The highest BCUT2D eigenvalue weighted by molar-refractivity contribution is 7.20. The molecule has 1 aliphatic rings. The number of hydrogen-bond donors (Lipinski definition) is 1. The van der Waals surface area contributed by atoms with Gasteiger partial charge in [-0.1, -0.05) is 13.8 Å². The average Bonchev–Trinajstić information content (AvgIpc) is 2.92. The molecule has 0 unspecified atom stereocenters. The van der Waals surface area contributed by atoms with Crippen LogP contribution in [0.4, 0.5) is 0 Å². The summed E-state index contributed by atoms with van der Waals surface area (Å²) in [6, 6.07) is 1.79. The fraction of sp³-hybridized carbons (Fsp3) is 0.538. The van der Waals surface area contributed by atoms with E-state index < -0.39 is 5.97 Å². The van der Waals surface area contributed by atoms with Crippen LogP contribution in [0.25, 0.3) is 10.2 Å². The number of carbonyl (C=O) groups is 1. The van der Waals surface area contributed by atoms with E-state index in [0.717, 1.165) is 22.5 Å². The van der Waals surface area contributed by atoms with Crippen LogP contribution >= 0.6 is 11.3 Å². The second kappa shape index (κ2) is 4.09. The second-order valence-corrected chi connectivity index (χ2v) is 6.40. The van der Waals surface area contributed by atoms with Gasteiger partial charge in [-0.25, -0.2) is 4.79 Å². The molecule has 1 saturated carbocycles. The van der Waals surface area contributed by atoms with E-state index in [9.17, 15) is 4.79 Å². The molecule has 1 fully saturated rings. The molecule has 0 aromatic carbocycles. The van der Waals surface area contributed by atoms with Crippen molar-refractivity contribution in [3.8, 4) is 0 Å². The second-order valence-electron chi connectivity index (χ2n) is 5.37. The van der Waals surface area contributed by atoms with Gasteiger partial charge in [0, 0.05) is 17.8 Å². The first kappa shape index (κ1) is 11.7. The zero-order chi connectivity index (χ0) is 12.9. The molecule has 3 rings (SSSR count). The Hall–Kier alpha value is -1.36. The van der Waals surface area contributed by atoms with Gasteiger partial charge in [0.15, 0.2) is 0 Å². The third-order valence-corrected chi connectivity index (χ3v) is 4.30. The highest BCUT2D eigenvalue weighted by Gasteiger charge is 2.30. The van der Waals surface area contributed by atoms with Crippen molar-refractivity contribution in [1.29, 1.82) is 0 Å². The van der Waals surface area contributed by atoms with Gasteiger partial charge >= 0.3 is 5.97 Å². The molecule has 0 atom stereocenters. The van der Waals surface area contributed by atoms with E-state index in [0.29, 0.717) is 16.7 Å². The van der Waals surface area contributed by atoms with Crippen molar-refractivity contribution >= 4 is 27.5 Å². The van der Waals surface area contributed by atoms with Crippen molar-refractivity contribution in [1.82, 2.24) is 9.78 Å². The Labute approximate surface area is 109 Å². The molecule has 96 valence electrons. The predicted octanol–water partition coefficient (Wildman–Crippen LogP) is 3.33. The molecule has 0 amide bonds. The number of rotatable bonds is 4. The van der Waals surface area contributed by atoms with E-state index in [-0.39, 0.29) is 0 Å². The Bertz CT molecular complexity index is 608.